The summed E-state index contributed by atoms with van der Waals surface area (Å²) in [6.45, 7) is 4.47. The zero-order valence-corrected chi connectivity index (χ0v) is 17.2. The molecule has 0 aromatic heterocycles. The highest BCUT2D eigenvalue weighted by Crippen LogP contribution is 2.18. The maximum absolute atomic E-state index is 12.5. The van der Waals surface area contributed by atoms with Crippen molar-refractivity contribution in [3.63, 3.8) is 0 Å². The van der Waals surface area contributed by atoms with Crippen molar-refractivity contribution in [3.8, 4) is 0 Å². The third-order valence-corrected chi connectivity index (χ3v) is 6.07. The zero-order valence-electron chi connectivity index (χ0n) is 16.4. The van der Waals surface area contributed by atoms with Gasteiger partial charge in [-0.1, -0.05) is 55.0 Å². The van der Waals surface area contributed by atoms with Crippen LogP contribution in [0.15, 0.2) is 83.8 Å². The van der Waals surface area contributed by atoms with Crippen molar-refractivity contribution in [2.24, 2.45) is 0 Å². The predicted molar refractivity (Wildman–Crippen MR) is 116 cm³/mol. The molecule has 0 aliphatic rings. The lowest BCUT2D eigenvalue weighted by atomic mass is 10.0. The number of hydrogen-bond donors (Lipinski definition) is 2. The standard InChI is InChI=1S/C23H24N2O3S/c1-17-8-12-21(13-9-17)25-29(27,28)22-14-10-20(11-15-22)23(26)24-16-18(2)19-6-4-3-5-7-19/h3-15,18,25H,16H2,1-2H3,(H,24,26)/t18-/m0/s1. The molecule has 0 heterocycles. The number of amides is 1. The molecular formula is C23H24N2O3S. The van der Waals surface area contributed by atoms with Crippen LogP contribution in [0.5, 0.6) is 0 Å². The Kier molecular flexibility index (Phi) is 6.34. The van der Waals surface area contributed by atoms with Gasteiger partial charge >= 0.3 is 0 Å². The number of anilines is 1. The Labute approximate surface area is 171 Å². The fourth-order valence-corrected chi connectivity index (χ4v) is 3.93. The first-order chi connectivity index (χ1) is 13.8. The van der Waals surface area contributed by atoms with E-state index >= 15 is 0 Å². The van der Waals surface area contributed by atoms with Crippen molar-refractivity contribution in [1.29, 1.82) is 0 Å². The molecule has 29 heavy (non-hydrogen) atoms. The average Bonchev–Trinajstić information content (AvgIpc) is 2.74. The van der Waals surface area contributed by atoms with Crippen LogP contribution in [0.1, 0.15) is 34.3 Å². The highest BCUT2D eigenvalue weighted by atomic mass is 32.2. The molecular weight excluding hydrogens is 384 g/mol. The molecule has 0 aliphatic carbocycles. The van der Waals surface area contributed by atoms with Crippen molar-refractivity contribution >= 4 is 21.6 Å². The van der Waals surface area contributed by atoms with Gasteiger partial charge in [0.1, 0.15) is 0 Å². The molecule has 0 fully saturated rings. The summed E-state index contributed by atoms with van der Waals surface area (Å²) < 4.78 is 27.6. The number of hydrogen-bond acceptors (Lipinski definition) is 3. The number of benzene rings is 3. The first-order valence-electron chi connectivity index (χ1n) is 9.38. The molecule has 2 N–H and O–H groups in total. The molecule has 0 saturated carbocycles. The van der Waals surface area contributed by atoms with E-state index in [1.807, 2.05) is 56.3 Å². The van der Waals surface area contributed by atoms with Crippen molar-refractivity contribution in [3.05, 3.63) is 95.6 Å². The second-order valence-electron chi connectivity index (χ2n) is 7.02. The maximum Gasteiger partial charge on any atom is 0.261 e. The van der Waals surface area contributed by atoms with Crippen LogP contribution in [0, 0.1) is 6.92 Å². The Bertz CT molecular complexity index is 1060. The average molecular weight is 409 g/mol. The summed E-state index contributed by atoms with van der Waals surface area (Å²) >= 11 is 0. The molecule has 1 amide bonds. The minimum absolute atomic E-state index is 0.104. The van der Waals surface area contributed by atoms with Crippen molar-refractivity contribution < 1.29 is 13.2 Å². The van der Waals surface area contributed by atoms with E-state index in [4.69, 9.17) is 0 Å². The van der Waals surface area contributed by atoms with Gasteiger partial charge in [-0.15, -0.1) is 0 Å². The molecule has 150 valence electrons. The second-order valence-corrected chi connectivity index (χ2v) is 8.70. The van der Waals surface area contributed by atoms with Gasteiger partial charge in [0.2, 0.25) is 0 Å². The number of carbonyl (C=O) groups excluding carboxylic acids is 1. The van der Waals surface area contributed by atoms with E-state index < -0.39 is 10.0 Å². The van der Waals surface area contributed by atoms with Crippen molar-refractivity contribution in [1.82, 2.24) is 5.32 Å². The molecule has 3 rings (SSSR count). The first kappa shape index (κ1) is 20.6. The maximum atomic E-state index is 12.5. The van der Waals surface area contributed by atoms with Gasteiger partial charge in [-0.05, 0) is 54.8 Å². The summed E-state index contributed by atoms with van der Waals surface area (Å²) in [5, 5.41) is 2.90. The first-order valence-corrected chi connectivity index (χ1v) is 10.9. The number of nitrogens with one attached hydrogen (secondary N) is 2. The van der Waals surface area contributed by atoms with Crippen LogP contribution in [-0.4, -0.2) is 20.9 Å². The Morgan fingerprint density at radius 3 is 2.14 bits per heavy atom. The van der Waals surface area contributed by atoms with E-state index in [1.165, 1.54) is 24.3 Å². The van der Waals surface area contributed by atoms with Crippen LogP contribution in [0.2, 0.25) is 0 Å². The largest absolute Gasteiger partial charge is 0.351 e. The van der Waals surface area contributed by atoms with E-state index in [9.17, 15) is 13.2 Å². The van der Waals surface area contributed by atoms with Gasteiger partial charge in [0, 0.05) is 17.8 Å². The predicted octanol–water partition coefficient (Wildman–Crippen LogP) is 4.33. The lowest BCUT2D eigenvalue weighted by Crippen LogP contribution is -2.27. The Morgan fingerprint density at radius 1 is 0.897 bits per heavy atom. The molecule has 0 saturated heterocycles. The van der Waals surface area contributed by atoms with Crippen LogP contribution >= 0.6 is 0 Å². The quantitative estimate of drug-likeness (QED) is 0.611. The number of sulfonamides is 1. The van der Waals surface area contributed by atoms with Crippen LogP contribution in [0.25, 0.3) is 0 Å². The smallest absolute Gasteiger partial charge is 0.261 e. The number of carbonyl (C=O) groups is 1. The molecule has 6 heteroatoms. The Morgan fingerprint density at radius 2 is 1.52 bits per heavy atom. The van der Waals surface area contributed by atoms with E-state index in [2.05, 4.69) is 10.0 Å². The SMILES string of the molecule is Cc1ccc(NS(=O)(=O)c2ccc(C(=O)NC[C@H](C)c3ccccc3)cc2)cc1. The highest BCUT2D eigenvalue weighted by molar-refractivity contribution is 7.92. The molecule has 5 nitrogen and oxygen atoms in total. The van der Waals surface area contributed by atoms with Gasteiger partial charge in [0.15, 0.2) is 0 Å². The third kappa shape index (κ3) is 5.45. The summed E-state index contributed by atoms with van der Waals surface area (Å²) in [7, 11) is -3.71. The molecule has 0 aliphatic heterocycles. The third-order valence-electron chi connectivity index (χ3n) is 4.67. The molecule has 1 atom stereocenters. The van der Waals surface area contributed by atoms with Gasteiger partial charge in [-0.25, -0.2) is 8.42 Å². The summed E-state index contributed by atoms with van der Waals surface area (Å²) in [6.07, 6.45) is 0. The topological polar surface area (TPSA) is 75.3 Å². The lowest BCUT2D eigenvalue weighted by molar-refractivity contribution is 0.0951. The Hall–Kier alpha value is -3.12. The second kappa shape index (κ2) is 8.92. The van der Waals surface area contributed by atoms with Gasteiger partial charge in [0.05, 0.1) is 4.90 Å². The molecule has 0 spiro atoms. The van der Waals surface area contributed by atoms with Crippen LogP contribution in [0.3, 0.4) is 0 Å². The monoisotopic (exact) mass is 408 g/mol. The minimum atomic E-state index is -3.71. The van der Waals surface area contributed by atoms with E-state index in [-0.39, 0.29) is 16.7 Å². The molecule has 0 bridgehead atoms. The van der Waals surface area contributed by atoms with Crippen LogP contribution < -0.4 is 10.0 Å². The highest BCUT2D eigenvalue weighted by Gasteiger charge is 2.15. The van der Waals surface area contributed by atoms with Gasteiger partial charge in [-0.3, -0.25) is 9.52 Å². The molecule has 0 unspecified atom stereocenters. The normalized spacial score (nSPS) is 12.2. The fraction of sp³-hybridized carbons (Fsp3) is 0.174. The van der Waals surface area contributed by atoms with Crippen LogP contribution in [0.4, 0.5) is 5.69 Å². The van der Waals surface area contributed by atoms with E-state index in [0.29, 0.717) is 17.8 Å². The summed E-state index contributed by atoms with van der Waals surface area (Å²) in [6, 6.07) is 23.0. The summed E-state index contributed by atoms with van der Waals surface area (Å²) in [4.78, 5) is 12.5. The molecule has 3 aromatic carbocycles. The number of rotatable bonds is 7. The van der Waals surface area contributed by atoms with Gasteiger partial charge in [-0.2, -0.15) is 0 Å². The zero-order chi connectivity index (χ0) is 20.9. The lowest BCUT2D eigenvalue weighted by Gasteiger charge is -2.13. The minimum Gasteiger partial charge on any atom is -0.351 e. The van der Waals surface area contributed by atoms with Gasteiger partial charge < -0.3 is 5.32 Å². The summed E-state index contributed by atoms with van der Waals surface area (Å²) in [5.74, 6) is -0.0540. The molecule has 0 radical (unpaired) electrons. The van der Waals surface area contributed by atoms with Gasteiger partial charge in [0.25, 0.3) is 15.9 Å². The van der Waals surface area contributed by atoms with Crippen LogP contribution in [-0.2, 0) is 10.0 Å². The van der Waals surface area contributed by atoms with Crippen molar-refractivity contribution in [2.75, 3.05) is 11.3 Å². The number of aryl methyl sites for hydroxylation is 1. The summed E-state index contributed by atoms with van der Waals surface area (Å²) in [5.41, 5.74) is 3.10. The van der Waals surface area contributed by atoms with E-state index in [1.54, 1.807) is 12.1 Å². The van der Waals surface area contributed by atoms with Crippen molar-refractivity contribution in [2.45, 2.75) is 24.7 Å². The van der Waals surface area contributed by atoms with E-state index in [0.717, 1.165) is 11.1 Å². The fourth-order valence-electron chi connectivity index (χ4n) is 2.87. The molecule has 3 aromatic rings. The Balaban J connectivity index is 1.62.